The summed E-state index contributed by atoms with van der Waals surface area (Å²) < 4.78 is 16.9. The highest BCUT2D eigenvalue weighted by atomic mass is 16.6. The number of carbonyl (C=O) groups is 3. The van der Waals surface area contributed by atoms with E-state index in [0.29, 0.717) is 19.3 Å². The second kappa shape index (κ2) is 60.4. The molecule has 0 aromatic heterocycles. The molecule has 0 aliphatic heterocycles. The van der Waals surface area contributed by atoms with Gasteiger partial charge >= 0.3 is 17.9 Å². The lowest BCUT2D eigenvalue weighted by Gasteiger charge is -2.18. The van der Waals surface area contributed by atoms with E-state index < -0.39 is 6.10 Å². The smallest absolute Gasteiger partial charge is 0.306 e. The Kier molecular flexibility index (Phi) is 57.8. The van der Waals surface area contributed by atoms with Crippen molar-refractivity contribution >= 4 is 17.9 Å². The zero-order valence-corrected chi connectivity index (χ0v) is 47.7. The van der Waals surface area contributed by atoms with Crippen LogP contribution in [0.2, 0.25) is 0 Å². The van der Waals surface area contributed by atoms with Crippen molar-refractivity contribution < 1.29 is 28.6 Å². The van der Waals surface area contributed by atoms with Crippen molar-refractivity contribution in [3.63, 3.8) is 0 Å². The van der Waals surface area contributed by atoms with Crippen molar-refractivity contribution in [1.82, 2.24) is 0 Å². The topological polar surface area (TPSA) is 78.9 Å². The van der Waals surface area contributed by atoms with E-state index in [1.807, 2.05) is 0 Å². The van der Waals surface area contributed by atoms with E-state index in [2.05, 4.69) is 93.7 Å². The maximum atomic E-state index is 12.9. The number of unbranched alkanes of at least 4 members (excludes halogenated alkanes) is 34. The normalized spacial score (nSPS) is 12.5. The second-order valence-corrected chi connectivity index (χ2v) is 20.6. The summed E-state index contributed by atoms with van der Waals surface area (Å²) in [4.78, 5) is 38.3. The van der Waals surface area contributed by atoms with Crippen LogP contribution in [0.5, 0.6) is 0 Å². The van der Waals surface area contributed by atoms with Crippen LogP contribution in [0.4, 0.5) is 0 Å². The molecule has 0 rings (SSSR count). The van der Waals surface area contributed by atoms with Crippen molar-refractivity contribution in [3.05, 3.63) is 72.9 Å². The summed E-state index contributed by atoms with van der Waals surface area (Å²) in [5.74, 6) is -0.896. The number of hydrogen-bond donors (Lipinski definition) is 0. The Hall–Kier alpha value is -3.15. The molecule has 0 N–H and O–H groups in total. The summed E-state index contributed by atoms with van der Waals surface area (Å²) in [6.07, 6.45) is 77.5. The van der Waals surface area contributed by atoms with Crippen LogP contribution in [0.25, 0.3) is 0 Å². The highest BCUT2D eigenvalue weighted by Gasteiger charge is 2.19. The van der Waals surface area contributed by atoms with Crippen LogP contribution in [-0.4, -0.2) is 37.2 Å². The zero-order valence-electron chi connectivity index (χ0n) is 47.7. The van der Waals surface area contributed by atoms with Gasteiger partial charge in [-0.3, -0.25) is 14.4 Å². The number of ether oxygens (including phenoxy) is 3. The highest BCUT2D eigenvalue weighted by molar-refractivity contribution is 5.71. The Morgan fingerprint density at radius 1 is 0.306 bits per heavy atom. The third-order valence-electron chi connectivity index (χ3n) is 13.4. The van der Waals surface area contributed by atoms with E-state index in [9.17, 15) is 14.4 Å². The fraction of sp³-hybridized carbons (Fsp3) is 0.773. The average Bonchev–Trinajstić information content (AvgIpc) is 3.38. The average molecular weight is 1010 g/mol. The van der Waals surface area contributed by atoms with Crippen LogP contribution >= 0.6 is 0 Å². The van der Waals surface area contributed by atoms with Crippen LogP contribution in [0, 0.1) is 0 Å². The summed E-state index contributed by atoms with van der Waals surface area (Å²) in [5, 5.41) is 0. The largest absolute Gasteiger partial charge is 0.462 e. The minimum atomic E-state index is -0.789. The van der Waals surface area contributed by atoms with Crippen LogP contribution in [0.3, 0.4) is 0 Å². The second-order valence-electron chi connectivity index (χ2n) is 20.6. The van der Waals surface area contributed by atoms with Gasteiger partial charge in [-0.1, -0.05) is 261 Å². The fourth-order valence-electron chi connectivity index (χ4n) is 8.80. The molecular formula is C66H116O6. The Balaban J connectivity index is 4.41. The summed E-state index contributed by atoms with van der Waals surface area (Å²) >= 11 is 0. The Morgan fingerprint density at radius 3 is 0.944 bits per heavy atom. The monoisotopic (exact) mass is 1000 g/mol. The van der Waals surface area contributed by atoms with Gasteiger partial charge in [-0.25, -0.2) is 0 Å². The molecule has 0 aromatic carbocycles. The maximum absolute atomic E-state index is 12.9. The van der Waals surface area contributed by atoms with Gasteiger partial charge in [0, 0.05) is 19.3 Å². The summed E-state index contributed by atoms with van der Waals surface area (Å²) in [6, 6.07) is 0. The van der Waals surface area contributed by atoms with Crippen molar-refractivity contribution in [2.24, 2.45) is 0 Å². The molecule has 72 heavy (non-hydrogen) atoms. The van der Waals surface area contributed by atoms with Gasteiger partial charge in [-0.05, 0) is 103 Å². The van der Waals surface area contributed by atoms with Crippen LogP contribution < -0.4 is 0 Å². The zero-order chi connectivity index (χ0) is 52.2. The first kappa shape index (κ1) is 68.8. The molecule has 0 saturated heterocycles. The van der Waals surface area contributed by atoms with Gasteiger partial charge in [0.15, 0.2) is 6.10 Å². The Bertz CT molecular complexity index is 1340. The number of esters is 3. The molecule has 0 bridgehead atoms. The van der Waals surface area contributed by atoms with Crippen molar-refractivity contribution in [1.29, 1.82) is 0 Å². The summed E-state index contributed by atoms with van der Waals surface area (Å²) in [6.45, 7) is 6.53. The maximum Gasteiger partial charge on any atom is 0.306 e. The lowest BCUT2D eigenvalue weighted by Crippen LogP contribution is -2.30. The van der Waals surface area contributed by atoms with Gasteiger partial charge in [0.1, 0.15) is 13.2 Å². The van der Waals surface area contributed by atoms with E-state index in [4.69, 9.17) is 14.2 Å². The van der Waals surface area contributed by atoms with Gasteiger partial charge in [0.25, 0.3) is 0 Å². The molecule has 0 saturated carbocycles. The molecule has 1 unspecified atom stereocenters. The molecule has 0 aliphatic carbocycles. The highest BCUT2D eigenvalue weighted by Crippen LogP contribution is 2.16. The van der Waals surface area contributed by atoms with Crippen molar-refractivity contribution in [2.75, 3.05) is 13.2 Å². The molecule has 6 heteroatoms. The van der Waals surface area contributed by atoms with Crippen LogP contribution in [0.1, 0.15) is 310 Å². The fourth-order valence-corrected chi connectivity index (χ4v) is 8.80. The first-order valence-electron chi connectivity index (χ1n) is 31.0. The van der Waals surface area contributed by atoms with Crippen LogP contribution in [-0.2, 0) is 28.6 Å². The minimum absolute atomic E-state index is 0.0845. The molecular weight excluding hydrogens is 889 g/mol. The van der Waals surface area contributed by atoms with E-state index in [-0.39, 0.29) is 31.1 Å². The SMILES string of the molecule is CC/C=C\C/C=C\C/C=C\CCCCCCCCCCCC(=O)OCC(COC(=O)CCCCCCCCC/C=C\CCCCCCCC)OC(=O)CCCCCCC/C=C\C=C/CCCCCCCCC. The number of hydrogen-bond acceptors (Lipinski definition) is 6. The number of allylic oxidation sites excluding steroid dienone is 12. The lowest BCUT2D eigenvalue weighted by molar-refractivity contribution is -0.167. The van der Waals surface area contributed by atoms with Gasteiger partial charge in [-0.2, -0.15) is 0 Å². The molecule has 1 atom stereocenters. The molecule has 0 aromatic rings. The van der Waals surface area contributed by atoms with Gasteiger partial charge in [0.2, 0.25) is 0 Å². The molecule has 0 aliphatic rings. The molecule has 0 spiro atoms. The quantitative estimate of drug-likeness (QED) is 0.0199. The molecule has 416 valence electrons. The predicted molar refractivity (Wildman–Crippen MR) is 311 cm³/mol. The van der Waals surface area contributed by atoms with E-state index >= 15 is 0 Å². The van der Waals surface area contributed by atoms with Gasteiger partial charge in [0.05, 0.1) is 0 Å². The standard InChI is InChI=1S/C66H116O6/c1-4-7-10-13-16-19-22-25-28-31-33-36-38-41-44-47-50-53-56-59-65(68)71-62-63(61-70-64(67)58-55-52-49-46-43-40-37-34-30-27-24-21-18-15-12-9-6-3)72-66(69)60-57-54-51-48-45-42-39-35-32-29-26-23-20-17-14-11-8-5-2/h7,10,16,19,25,27-30,32,35,39,63H,4-6,8-9,11-15,17-18,20-24,26,31,33-34,36-38,40-62H2,1-3H3/b10-7-,19-16-,28-25-,30-27-,32-29-,39-35-. The molecule has 0 amide bonds. The lowest BCUT2D eigenvalue weighted by atomic mass is 10.1. The van der Waals surface area contributed by atoms with Crippen molar-refractivity contribution in [2.45, 2.75) is 316 Å². The third kappa shape index (κ3) is 57.7. The predicted octanol–water partition coefficient (Wildman–Crippen LogP) is 20.9. The van der Waals surface area contributed by atoms with E-state index in [1.54, 1.807) is 0 Å². The Morgan fingerprint density at radius 2 is 0.583 bits per heavy atom. The van der Waals surface area contributed by atoms with Crippen LogP contribution in [0.15, 0.2) is 72.9 Å². The first-order valence-corrected chi connectivity index (χ1v) is 31.0. The van der Waals surface area contributed by atoms with Gasteiger partial charge in [-0.15, -0.1) is 0 Å². The molecule has 0 heterocycles. The Labute approximate surface area is 446 Å². The first-order chi connectivity index (χ1) is 35.5. The van der Waals surface area contributed by atoms with E-state index in [1.165, 1.54) is 173 Å². The summed E-state index contributed by atoms with van der Waals surface area (Å²) in [5.41, 5.74) is 0. The van der Waals surface area contributed by atoms with E-state index in [0.717, 1.165) is 96.3 Å². The van der Waals surface area contributed by atoms with Gasteiger partial charge < -0.3 is 14.2 Å². The number of carbonyl (C=O) groups excluding carboxylic acids is 3. The molecule has 6 nitrogen and oxygen atoms in total. The minimum Gasteiger partial charge on any atom is -0.462 e. The molecule has 0 radical (unpaired) electrons. The summed E-state index contributed by atoms with van der Waals surface area (Å²) in [7, 11) is 0. The molecule has 0 fully saturated rings. The van der Waals surface area contributed by atoms with Crippen molar-refractivity contribution in [3.8, 4) is 0 Å². The third-order valence-corrected chi connectivity index (χ3v) is 13.4. The number of rotatable bonds is 56.